The van der Waals surface area contributed by atoms with Gasteiger partial charge in [0.05, 0.1) is 4.88 Å². The van der Waals surface area contributed by atoms with Gasteiger partial charge in [-0.2, -0.15) is 0 Å². The summed E-state index contributed by atoms with van der Waals surface area (Å²) in [6.45, 7) is 2.54. The Balaban J connectivity index is 1.56. The second kappa shape index (κ2) is 9.59. The minimum Gasteiger partial charge on any atom is -0.356 e. The summed E-state index contributed by atoms with van der Waals surface area (Å²) >= 11 is 3.09. The lowest BCUT2D eigenvalue weighted by molar-refractivity contribution is -0.121. The van der Waals surface area contributed by atoms with Crippen LogP contribution in [0.4, 0.5) is 4.39 Å². The third kappa shape index (κ3) is 6.45. The summed E-state index contributed by atoms with van der Waals surface area (Å²) < 4.78 is 12.8. The first-order valence-corrected chi connectivity index (χ1v) is 9.59. The minimum atomic E-state index is -0.237. The Bertz CT molecular complexity index is 683. The Morgan fingerprint density at radius 1 is 1.12 bits per heavy atom. The SMILES string of the molecule is Cc1ccc(C(=O)CCC(=O)NCCCSc2ccc(F)cc2)s1. The lowest BCUT2D eigenvalue weighted by atomic mass is 10.2. The maximum absolute atomic E-state index is 12.8. The summed E-state index contributed by atoms with van der Waals surface area (Å²) in [6, 6.07) is 10.1. The molecule has 0 fully saturated rings. The van der Waals surface area contributed by atoms with Crippen LogP contribution in [0.2, 0.25) is 0 Å². The number of benzene rings is 1. The molecule has 24 heavy (non-hydrogen) atoms. The fraction of sp³-hybridized carbons (Fsp3) is 0.333. The van der Waals surface area contributed by atoms with Crippen molar-refractivity contribution in [3.05, 3.63) is 52.0 Å². The van der Waals surface area contributed by atoms with E-state index in [2.05, 4.69) is 5.32 Å². The van der Waals surface area contributed by atoms with Crippen molar-refractivity contribution in [2.24, 2.45) is 0 Å². The molecule has 0 bridgehead atoms. The minimum absolute atomic E-state index is 0.0233. The topological polar surface area (TPSA) is 46.2 Å². The van der Waals surface area contributed by atoms with Gasteiger partial charge >= 0.3 is 0 Å². The fourth-order valence-electron chi connectivity index (χ4n) is 2.04. The van der Waals surface area contributed by atoms with Crippen LogP contribution in [-0.2, 0) is 4.79 Å². The van der Waals surface area contributed by atoms with Crippen molar-refractivity contribution in [1.82, 2.24) is 5.32 Å². The molecule has 0 spiro atoms. The van der Waals surface area contributed by atoms with Gasteiger partial charge in [-0.25, -0.2) is 4.39 Å². The molecule has 1 amide bonds. The average Bonchev–Trinajstić information content (AvgIpc) is 3.00. The van der Waals surface area contributed by atoms with Crippen LogP contribution in [0.15, 0.2) is 41.3 Å². The summed E-state index contributed by atoms with van der Waals surface area (Å²) in [6.07, 6.45) is 1.29. The first-order valence-electron chi connectivity index (χ1n) is 7.79. The molecule has 0 atom stereocenters. The lowest BCUT2D eigenvalue weighted by Gasteiger charge is -2.05. The Morgan fingerprint density at radius 2 is 1.88 bits per heavy atom. The van der Waals surface area contributed by atoms with Crippen molar-refractivity contribution in [3.63, 3.8) is 0 Å². The number of halogens is 1. The van der Waals surface area contributed by atoms with E-state index in [0.29, 0.717) is 6.54 Å². The first-order chi connectivity index (χ1) is 11.5. The summed E-state index contributed by atoms with van der Waals surface area (Å²) in [4.78, 5) is 26.5. The number of Topliss-reactive ketones (excluding diaryl/α,β-unsaturated/α-hetero) is 1. The molecule has 6 heteroatoms. The van der Waals surface area contributed by atoms with E-state index in [1.54, 1.807) is 23.9 Å². The second-order valence-electron chi connectivity index (χ2n) is 5.34. The predicted molar refractivity (Wildman–Crippen MR) is 97.4 cm³/mol. The number of carbonyl (C=O) groups is 2. The van der Waals surface area contributed by atoms with Crippen molar-refractivity contribution in [2.45, 2.75) is 31.1 Å². The number of carbonyl (C=O) groups excluding carboxylic acids is 2. The summed E-state index contributed by atoms with van der Waals surface area (Å²) in [5, 5.41) is 2.83. The maximum Gasteiger partial charge on any atom is 0.220 e. The van der Waals surface area contributed by atoms with Gasteiger partial charge in [0.2, 0.25) is 5.91 Å². The van der Waals surface area contributed by atoms with E-state index in [1.807, 2.05) is 19.1 Å². The zero-order chi connectivity index (χ0) is 17.4. The highest BCUT2D eigenvalue weighted by atomic mass is 32.2. The number of nitrogens with one attached hydrogen (secondary N) is 1. The summed E-state index contributed by atoms with van der Waals surface area (Å²) in [5.41, 5.74) is 0. The molecule has 0 radical (unpaired) electrons. The molecule has 2 aromatic rings. The molecule has 2 rings (SSSR count). The van der Waals surface area contributed by atoms with Crippen molar-refractivity contribution in [2.75, 3.05) is 12.3 Å². The van der Waals surface area contributed by atoms with E-state index in [1.165, 1.54) is 23.5 Å². The Morgan fingerprint density at radius 3 is 2.54 bits per heavy atom. The molecule has 0 saturated carbocycles. The van der Waals surface area contributed by atoms with Crippen LogP contribution >= 0.6 is 23.1 Å². The molecule has 1 heterocycles. The molecule has 128 valence electrons. The molecular weight excluding hydrogens is 345 g/mol. The zero-order valence-electron chi connectivity index (χ0n) is 13.5. The fourth-order valence-corrected chi connectivity index (χ4v) is 3.73. The van der Waals surface area contributed by atoms with Crippen molar-refractivity contribution in [1.29, 1.82) is 0 Å². The van der Waals surface area contributed by atoms with Gasteiger partial charge in [0.25, 0.3) is 0 Å². The van der Waals surface area contributed by atoms with E-state index in [0.717, 1.165) is 26.8 Å². The summed E-state index contributed by atoms with van der Waals surface area (Å²) in [5.74, 6) is 0.539. The molecule has 1 aromatic heterocycles. The highest BCUT2D eigenvalue weighted by Gasteiger charge is 2.10. The molecule has 1 N–H and O–H groups in total. The van der Waals surface area contributed by atoms with Crippen LogP contribution in [0.3, 0.4) is 0 Å². The maximum atomic E-state index is 12.8. The number of thioether (sulfide) groups is 1. The quantitative estimate of drug-likeness (QED) is 0.405. The number of thiophene rings is 1. The van der Waals surface area contributed by atoms with E-state index in [9.17, 15) is 14.0 Å². The molecule has 0 aliphatic carbocycles. The van der Waals surface area contributed by atoms with E-state index >= 15 is 0 Å². The standard InChI is InChI=1S/C18H20FNO2S2/c1-13-3-9-17(24-13)16(21)8-10-18(22)20-11-2-12-23-15-6-4-14(19)5-7-15/h3-7,9H,2,8,10-12H2,1H3,(H,20,22). The molecular formula is C18H20FNO2S2. The number of hydrogen-bond donors (Lipinski definition) is 1. The molecule has 0 saturated heterocycles. The molecule has 0 aliphatic heterocycles. The van der Waals surface area contributed by atoms with E-state index < -0.39 is 0 Å². The van der Waals surface area contributed by atoms with E-state index in [-0.39, 0.29) is 30.3 Å². The smallest absolute Gasteiger partial charge is 0.220 e. The highest BCUT2D eigenvalue weighted by molar-refractivity contribution is 7.99. The lowest BCUT2D eigenvalue weighted by Crippen LogP contribution is -2.25. The van der Waals surface area contributed by atoms with Crippen LogP contribution in [0, 0.1) is 12.7 Å². The van der Waals surface area contributed by atoms with Crippen molar-refractivity contribution >= 4 is 34.8 Å². The number of amides is 1. The number of ketones is 1. The van der Waals surface area contributed by atoms with Crippen LogP contribution < -0.4 is 5.32 Å². The normalized spacial score (nSPS) is 10.6. The predicted octanol–water partition coefficient (Wildman–Crippen LogP) is 4.46. The van der Waals surface area contributed by atoms with Gasteiger partial charge in [-0.3, -0.25) is 9.59 Å². The first kappa shape index (κ1) is 18.7. The molecule has 1 aromatic carbocycles. The zero-order valence-corrected chi connectivity index (χ0v) is 15.1. The Labute approximate surface area is 149 Å². The van der Waals surface area contributed by atoms with Gasteiger partial charge in [-0.15, -0.1) is 23.1 Å². The van der Waals surface area contributed by atoms with Crippen molar-refractivity contribution < 1.29 is 14.0 Å². The second-order valence-corrected chi connectivity index (χ2v) is 7.80. The van der Waals surface area contributed by atoms with Gasteiger partial charge in [0.15, 0.2) is 5.78 Å². The van der Waals surface area contributed by atoms with Gasteiger partial charge in [0, 0.05) is 29.2 Å². The molecule has 0 aliphatic rings. The van der Waals surface area contributed by atoms with Crippen LogP contribution in [-0.4, -0.2) is 24.0 Å². The number of rotatable bonds is 9. The molecule has 0 unspecified atom stereocenters. The average molecular weight is 365 g/mol. The summed E-state index contributed by atoms with van der Waals surface area (Å²) in [7, 11) is 0. The number of aryl methyl sites for hydroxylation is 1. The Kier molecular flexibility index (Phi) is 7.46. The monoisotopic (exact) mass is 365 g/mol. The van der Waals surface area contributed by atoms with Crippen LogP contribution in [0.5, 0.6) is 0 Å². The van der Waals surface area contributed by atoms with Crippen LogP contribution in [0.25, 0.3) is 0 Å². The van der Waals surface area contributed by atoms with Gasteiger partial charge in [-0.1, -0.05) is 0 Å². The number of hydrogen-bond acceptors (Lipinski definition) is 4. The van der Waals surface area contributed by atoms with E-state index in [4.69, 9.17) is 0 Å². The van der Waals surface area contributed by atoms with Gasteiger partial charge < -0.3 is 5.32 Å². The third-order valence-corrected chi connectivity index (χ3v) is 5.46. The highest BCUT2D eigenvalue weighted by Crippen LogP contribution is 2.19. The molecule has 3 nitrogen and oxygen atoms in total. The third-order valence-electron chi connectivity index (χ3n) is 3.32. The van der Waals surface area contributed by atoms with Crippen LogP contribution in [0.1, 0.15) is 33.8 Å². The Hall–Kier alpha value is -1.66. The van der Waals surface area contributed by atoms with Gasteiger partial charge in [-0.05, 0) is 55.5 Å². The van der Waals surface area contributed by atoms with Crippen molar-refractivity contribution in [3.8, 4) is 0 Å². The van der Waals surface area contributed by atoms with Gasteiger partial charge in [0.1, 0.15) is 5.82 Å². The largest absolute Gasteiger partial charge is 0.356 e.